The molecule has 10 heteroatoms. The van der Waals surface area contributed by atoms with Crippen LogP contribution in [0.15, 0.2) is 36.4 Å². The summed E-state index contributed by atoms with van der Waals surface area (Å²) in [7, 11) is 1.46. The van der Waals surface area contributed by atoms with Crippen molar-refractivity contribution < 1.29 is 9.53 Å². The number of primary amides is 1. The Morgan fingerprint density at radius 2 is 1.69 bits per heavy atom. The molecule has 1 amide bonds. The Balaban J connectivity index is 1.92. The standard InChI is InChI=1S/C16H13Cl2N5O2S/c1-25-13-8(14(19)24)4-2-7-11(13)21-16-15(22-26-23-16)20-10-6-3-5-9(17)12(10)18/h2-7H,1H3,(H2,19,24)(H,20,22)(H,21,23). The number of nitrogens with one attached hydrogen (secondary N) is 2. The van der Waals surface area contributed by atoms with E-state index >= 15 is 0 Å². The molecule has 0 saturated carbocycles. The summed E-state index contributed by atoms with van der Waals surface area (Å²) < 4.78 is 13.7. The number of methoxy groups -OCH3 is 1. The highest BCUT2D eigenvalue weighted by Crippen LogP contribution is 2.36. The first-order valence-corrected chi connectivity index (χ1v) is 8.77. The molecule has 0 unspecified atom stereocenters. The van der Waals surface area contributed by atoms with Crippen LogP contribution in [0.2, 0.25) is 10.0 Å². The third kappa shape index (κ3) is 3.67. The summed E-state index contributed by atoms with van der Waals surface area (Å²) in [6.07, 6.45) is 0. The van der Waals surface area contributed by atoms with Gasteiger partial charge in [0.1, 0.15) is 0 Å². The molecular formula is C16H13Cl2N5O2S. The van der Waals surface area contributed by atoms with Crippen LogP contribution in [0.5, 0.6) is 5.75 Å². The maximum Gasteiger partial charge on any atom is 0.252 e. The smallest absolute Gasteiger partial charge is 0.252 e. The number of para-hydroxylation sites is 1. The van der Waals surface area contributed by atoms with Crippen molar-refractivity contribution in [2.24, 2.45) is 5.73 Å². The van der Waals surface area contributed by atoms with Gasteiger partial charge in [0.25, 0.3) is 5.91 Å². The molecule has 26 heavy (non-hydrogen) atoms. The Kier molecular flexibility index (Phi) is 5.46. The first-order chi connectivity index (χ1) is 12.5. The fraction of sp³-hybridized carbons (Fsp3) is 0.0625. The van der Waals surface area contributed by atoms with E-state index in [4.69, 9.17) is 33.7 Å². The van der Waals surface area contributed by atoms with Crippen LogP contribution in [0.25, 0.3) is 0 Å². The molecule has 3 aromatic rings. The summed E-state index contributed by atoms with van der Waals surface area (Å²) in [4.78, 5) is 11.6. The van der Waals surface area contributed by atoms with Gasteiger partial charge < -0.3 is 21.1 Å². The van der Waals surface area contributed by atoms with Gasteiger partial charge >= 0.3 is 0 Å². The number of aromatic nitrogens is 2. The molecule has 0 radical (unpaired) electrons. The number of benzene rings is 2. The second-order valence-corrected chi connectivity index (χ2v) is 6.38. The molecule has 1 heterocycles. The van der Waals surface area contributed by atoms with Crippen molar-refractivity contribution in [2.75, 3.05) is 17.7 Å². The first kappa shape index (κ1) is 18.2. The number of nitrogens with two attached hydrogens (primary N) is 1. The fourth-order valence-electron chi connectivity index (χ4n) is 2.26. The number of halogens is 2. The number of anilines is 4. The van der Waals surface area contributed by atoms with Gasteiger partial charge in [-0.3, -0.25) is 4.79 Å². The molecule has 0 bridgehead atoms. The molecule has 0 spiro atoms. The van der Waals surface area contributed by atoms with E-state index in [0.29, 0.717) is 38.8 Å². The lowest BCUT2D eigenvalue weighted by Crippen LogP contribution is -2.13. The molecule has 7 nitrogen and oxygen atoms in total. The zero-order valence-electron chi connectivity index (χ0n) is 13.4. The van der Waals surface area contributed by atoms with Crippen LogP contribution in [-0.4, -0.2) is 21.8 Å². The number of carbonyl (C=O) groups excluding carboxylic acids is 1. The molecule has 134 valence electrons. The number of nitrogens with zero attached hydrogens (tertiary/aromatic N) is 2. The normalized spacial score (nSPS) is 10.4. The zero-order chi connectivity index (χ0) is 18.7. The molecule has 3 rings (SSSR count). The third-order valence-electron chi connectivity index (χ3n) is 3.43. The topological polar surface area (TPSA) is 102 Å². The summed E-state index contributed by atoms with van der Waals surface area (Å²) in [5.74, 6) is 0.613. The molecule has 2 aromatic carbocycles. The maximum atomic E-state index is 11.6. The molecule has 1 aromatic heterocycles. The van der Waals surface area contributed by atoms with E-state index in [9.17, 15) is 4.79 Å². The quantitative estimate of drug-likeness (QED) is 0.555. The summed E-state index contributed by atoms with van der Waals surface area (Å²) in [5, 5.41) is 6.97. The Morgan fingerprint density at radius 1 is 1.08 bits per heavy atom. The van der Waals surface area contributed by atoms with Crippen molar-refractivity contribution in [3.8, 4) is 5.75 Å². The van der Waals surface area contributed by atoms with E-state index < -0.39 is 5.91 Å². The molecule has 0 fully saturated rings. The lowest BCUT2D eigenvalue weighted by molar-refractivity contribution is 0.0997. The number of carbonyl (C=O) groups is 1. The van der Waals surface area contributed by atoms with Crippen LogP contribution < -0.4 is 21.1 Å². The van der Waals surface area contributed by atoms with Crippen LogP contribution in [0, 0.1) is 0 Å². The molecule has 0 aliphatic heterocycles. The molecular weight excluding hydrogens is 397 g/mol. The van der Waals surface area contributed by atoms with E-state index in [1.807, 2.05) is 0 Å². The van der Waals surface area contributed by atoms with E-state index in [-0.39, 0.29) is 5.56 Å². The van der Waals surface area contributed by atoms with Crippen LogP contribution in [-0.2, 0) is 0 Å². The third-order valence-corrected chi connectivity index (χ3v) is 4.78. The van der Waals surface area contributed by atoms with Gasteiger partial charge in [0.15, 0.2) is 17.4 Å². The Hall–Kier alpha value is -2.55. The lowest BCUT2D eigenvalue weighted by atomic mass is 10.1. The molecule has 0 aliphatic carbocycles. The van der Waals surface area contributed by atoms with Crippen molar-refractivity contribution in [3.05, 3.63) is 52.0 Å². The Bertz CT molecular complexity index is 964. The second-order valence-electron chi connectivity index (χ2n) is 5.06. The summed E-state index contributed by atoms with van der Waals surface area (Å²) >= 11 is 13.2. The molecule has 0 aliphatic rings. The van der Waals surface area contributed by atoms with Gasteiger partial charge in [-0.15, -0.1) is 0 Å². The Labute approximate surface area is 163 Å². The van der Waals surface area contributed by atoms with E-state index in [1.54, 1.807) is 36.4 Å². The zero-order valence-corrected chi connectivity index (χ0v) is 15.7. The number of rotatable bonds is 6. The highest BCUT2D eigenvalue weighted by molar-refractivity contribution is 6.99. The monoisotopic (exact) mass is 409 g/mol. The first-order valence-electron chi connectivity index (χ1n) is 7.28. The highest BCUT2D eigenvalue weighted by Gasteiger charge is 2.17. The van der Waals surface area contributed by atoms with Gasteiger partial charge in [-0.1, -0.05) is 35.3 Å². The minimum Gasteiger partial charge on any atom is -0.494 e. The van der Waals surface area contributed by atoms with Crippen molar-refractivity contribution in [1.82, 2.24) is 8.75 Å². The fourth-order valence-corrected chi connectivity index (χ4v) is 3.07. The highest BCUT2D eigenvalue weighted by atomic mass is 35.5. The second kappa shape index (κ2) is 7.77. The van der Waals surface area contributed by atoms with Crippen molar-refractivity contribution in [1.29, 1.82) is 0 Å². The number of ether oxygens (including phenoxy) is 1. The summed E-state index contributed by atoms with van der Waals surface area (Å²) in [6, 6.07) is 10.2. The average Bonchev–Trinajstić information content (AvgIpc) is 3.05. The van der Waals surface area contributed by atoms with Crippen LogP contribution >= 0.6 is 34.9 Å². The summed E-state index contributed by atoms with van der Waals surface area (Å²) in [6.45, 7) is 0. The van der Waals surface area contributed by atoms with Gasteiger partial charge in [0.05, 0.1) is 45.8 Å². The summed E-state index contributed by atoms with van der Waals surface area (Å²) in [5.41, 5.74) is 6.76. The van der Waals surface area contributed by atoms with Gasteiger partial charge in [0.2, 0.25) is 0 Å². The minimum atomic E-state index is -0.592. The lowest BCUT2D eigenvalue weighted by Gasteiger charge is -2.13. The van der Waals surface area contributed by atoms with Gasteiger partial charge in [-0.05, 0) is 24.3 Å². The SMILES string of the molecule is COc1c(Nc2nsnc2Nc2cccc(Cl)c2Cl)cccc1C(N)=O. The predicted molar refractivity (Wildman–Crippen MR) is 104 cm³/mol. The van der Waals surface area contributed by atoms with Crippen molar-refractivity contribution >= 4 is 63.8 Å². The van der Waals surface area contributed by atoms with Gasteiger partial charge in [0, 0.05) is 0 Å². The minimum absolute atomic E-state index is 0.257. The Morgan fingerprint density at radius 3 is 2.35 bits per heavy atom. The largest absolute Gasteiger partial charge is 0.494 e. The van der Waals surface area contributed by atoms with Gasteiger partial charge in [-0.2, -0.15) is 8.75 Å². The van der Waals surface area contributed by atoms with E-state index in [0.717, 1.165) is 11.7 Å². The molecule has 0 atom stereocenters. The number of amides is 1. The van der Waals surface area contributed by atoms with E-state index in [1.165, 1.54) is 7.11 Å². The molecule has 4 N–H and O–H groups in total. The average molecular weight is 410 g/mol. The number of hydrogen-bond donors (Lipinski definition) is 3. The van der Waals surface area contributed by atoms with Crippen LogP contribution in [0.1, 0.15) is 10.4 Å². The van der Waals surface area contributed by atoms with Crippen LogP contribution in [0.4, 0.5) is 23.0 Å². The van der Waals surface area contributed by atoms with E-state index in [2.05, 4.69) is 19.4 Å². The molecule has 0 saturated heterocycles. The van der Waals surface area contributed by atoms with Crippen molar-refractivity contribution in [2.45, 2.75) is 0 Å². The van der Waals surface area contributed by atoms with Crippen LogP contribution in [0.3, 0.4) is 0 Å². The maximum absolute atomic E-state index is 11.6. The van der Waals surface area contributed by atoms with Crippen molar-refractivity contribution in [3.63, 3.8) is 0 Å². The van der Waals surface area contributed by atoms with Gasteiger partial charge in [-0.25, -0.2) is 0 Å². The predicted octanol–water partition coefficient (Wildman–Crippen LogP) is 4.44. The number of hydrogen-bond acceptors (Lipinski definition) is 7.